The van der Waals surface area contributed by atoms with Gasteiger partial charge in [-0.15, -0.1) is 11.3 Å². The molecule has 1 aromatic carbocycles. The summed E-state index contributed by atoms with van der Waals surface area (Å²) in [5, 5.41) is 1.01. The van der Waals surface area contributed by atoms with E-state index in [1.807, 2.05) is 25.1 Å². The van der Waals surface area contributed by atoms with E-state index in [-0.39, 0.29) is 0 Å². The summed E-state index contributed by atoms with van der Waals surface area (Å²) in [6.07, 6.45) is 0.978. The fourth-order valence-electron chi connectivity index (χ4n) is 1.62. The van der Waals surface area contributed by atoms with Crippen LogP contribution in [0.4, 0.5) is 5.69 Å². The van der Waals surface area contributed by atoms with Gasteiger partial charge in [-0.05, 0) is 38.5 Å². The highest BCUT2D eigenvalue weighted by Crippen LogP contribution is 2.32. The van der Waals surface area contributed by atoms with Crippen molar-refractivity contribution >= 4 is 17.0 Å². The lowest BCUT2D eigenvalue weighted by Crippen LogP contribution is -1.99. The first-order chi connectivity index (χ1) is 8.61. The predicted molar refractivity (Wildman–Crippen MR) is 77.2 cm³/mol. The number of nitrogen functional groups attached to an aromatic ring is 1. The van der Waals surface area contributed by atoms with Crippen molar-refractivity contribution in [2.24, 2.45) is 0 Å². The Morgan fingerprint density at radius 1 is 1.33 bits per heavy atom. The molecule has 0 atom stereocenters. The third-order valence-corrected chi connectivity index (χ3v) is 3.87. The number of hydrogen-bond donors (Lipinski definition) is 1. The number of benzene rings is 1. The summed E-state index contributed by atoms with van der Waals surface area (Å²) in [6.45, 7) is 6.88. The van der Waals surface area contributed by atoms with Crippen molar-refractivity contribution in [2.75, 3.05) is 12.3 Å². The Morgan fingerprint density at radius 2 is 2.11 bits per heavy atom. The molecule has 0 unspecified atom stereocenters. The molecule has 4 heteroatoms. The van der Waals surface area contributed by atoms with Crippen LogP contribution in [0.3, 0.4) is 0 Å². The smallest absolute Gasteiger partial charge is 0.142 e. The minimum absolute atomic E-state index is 0.673. The van der Waals surface area contributed by atoms with Crippen LogP contribution in [0.25, 0.3) is 10.6 Å². The Kier molecular flexibility index (Phi) is 3.87. The van der Waals surface area contributed by atoms with E-state index >= 15 is 0 Å². The highest BCUT2D eigenvalue weighted by atomic mass is 32.1. The van der Waals surface area contributed by atoms with Crippen molar-refractivity contribution in [3.05, 3.63) is 28.8 Å². The molecule has 0 bridgehead atoms. The molecule has 0 aliphatic carbocycles. The van der Waals surface area contributed by atoms with Gasteiger partial charge < -0.3 is 10.5 Å². The lowest BCUT2D eigenvalue weighted by Gasteiger charge is -2.08. The van der Waals surface area contributed by atoms with Crippen LogP contribution in [0.1, 0.15) is 23.9 Å². The molecule has 2 N–H and O–H groups in total. The fraction of sp³-hybridized carbons (Fsp3) is 0.357. The number of aryl methyl sites for hydroxylation is 2. The van der Waals surface area contributed by atoms with Crippen LogP contribution in [0, 0.1) is 13.8 Å². The molecule has 0 saturated heterocycles. The van der Waals surface area contributed by atoms with Crippen molar-refractivity contribution in [3.63, 3.8) is 0 Å². The first kappa shape index (κ1) is 12.9. The maximum Gasteiger partial charge on any atom is 0.142 e. The van der Waals surface area contributed by atoms with Gasteiger partial charge in [0.25, 0.3) is 0 Å². The van der Waals surface area contributed by atoms with E-state index in [0.29, 0.717) is 12.3 Å². The van der Waals surface area contributed by atoms with Crippen LogP contribution in [-0.4, -0.2) is 11.6 Å². The van der Waals surface area contributed by atoms with Gasteiger partial charge in [-0.25, -0.2) is 4.98 Å². The van der Waals surface area contributed by atoms with Gasteiger partial charge in [0.05, 0.1) is 18.0 Å². The average molecular weight is 262 g/mol. The first-order valence-electron chi connectivity index (χ1n) is 6.08. The monoisotopic (exact) mass is 262 g/mol. The van der Waals surface area contributed by atoms with Gasteiger partial charge in [0.1, 0.15) is 10.8 Å². The number of hydrogen-bond acceptors (Lipinski definition) is 4. The van der Waals surface area contributed by atoms with E-state index in [1.165, 1.54) is 4.88 Å². The number of rotatable bonds is 4. The highest BCUT2D eigenvalue weighted by Gasteiger charge is 2.08. The Hall–Kier alpha value is -1.55. The van der Waals surface area contributed by atoms with E-state index in [4.69, 9.17) is 10.5 Å². The fourth-order valence-corrected chi connectivity index (χ4v) is 2.53. The van der Waals surface area contributed by atoms with Crippen LogP contribution in [-0.2, 0) is 0 Å². The van der Waals surface area contributed by atoms with Crippen LogP contribution in [0.15, 0.2) is 18.2 Å². The molecule has 1 aromatic heterocycles. The summed E-state index contributed by atoms with van der Waals surface area (Å²) in [6, 6.07) is 5.87. The molecule has 0 fully saturated rings. The molecule has 18 heavy (non-hydrogen) atoms. The molecular weight excluding hydrogens is 244 g/mol. The average Bonchev–Trinajstić information content (AvgIpc) is 2.68. The van der Waals surface area contributed by atoms with Gasteiger partial charge in [0.15, 0.2) is 0 Å². The van der Waals surface area contributed by atoms with Gasteiger partial charge in [-0.3, -0.25) is 0 Å². The Bertz CT molecular complexity index is 529. The summed E-state index contributed by atoms with van der Waals surface area (Å²) in [7, 11) is 0. The zero-order valence-electron chi connectivity index (χ0n) is 11.0. The largest absolute Gasteiger partial charge is 0.491 e. The van der Waals surface area contributed by atoms with Crippen molar-refractivity contribution in [2.45, 2.75) is 27.2 Å². The zero-order valence-corrected chi connectivity index (χ0v) is 11.8. The number of nitrogens with two attached hydrogens (primary N) is 1. The molecule has 0 saturated carbocycles. The van der Waals surface area contributed by atoms with Gasteiger partial charge >= 0.3 is 0 Å². The Morgan fingerprint density at radius 3 is 2.67 bits per heavy atom. The molecular formula is C14H18N2OS. The number of nitrogens with zero attached hydrogens (tertiary/aromatic N) is 1. The van der Waals surface area contributed by atoms with Gasteiger partial charge in [0, 0.05) is 10.4 Å². The molecule has 0 aliphatic heterocycles. The maximum atomic E-state index is 6.00. The molecule has 0 aliphatic rings. The van der Waals surface area contributed by atoms with E-state index < -0.39 is 0 Å². The zero-order chi connectivity index (χ0) is 13.1. The normalized spacial score (nSPS) is 10.6. The van der Waals surface area contributed by atoms with E-state index in [9.17, 15) is 0 Å². The van der Waals surface area contributed by atoms with Crippen molar-refractivity contribution in [1.82, 2.24) is 4.98 Å². The second kappa shape index (κ2) is 5.40. The molecule has 1 heterocycles. The molecule has 96 valence electrons. The summed E-state index contributed by atoms with van der Waals surface area (Å²) in [4.78, 5) is 5.78. The molecule has 0 amide bonds. The maximum absolute atomic E-state index is 6.00. The summed E-state index contributed by atoms with van der Waals surface area (Å²) < 4.78 is 5.56. The van der Waals surface area contributed by atoms with Gasteiger partial charge in [0.2, 0.25) is 0 Å². The molecule has 2 rings (SSSR count). The van der Waals surface area contributed by atoms with Gasteiger partial charge in [-0.2, -0.15) is 0 Å². The second-order valence-corrected chi connectivity index (χ2v) is 5.46. The standard InChI is InChI=1S/C14H18N2OS/c1-4-7-17-13-6-5-11(8-12(13)15)14-16-9(2)10(3)18-14/h5-6,8H,4,7,15H2,1-3H3. The van der Waals surface area contributed by atoms with Crippen LogP contribution >= 0.6 is 11.3 Å². The van der Waals surface area contributed by atoms with Crippen LogP contribution < -0.4 is 10.5 Å². The highest BCUT2D eigenvalue weighted by molar-refractivity contribution is 7.15. The SMILES string of the molecule is CCCOc1ccc(-c2nc(C)c(C)s2)cc1N. The first-order valence-corrected chi connectivity index (χ1v) is 6.90. The molecule has 3 nitrogen and oxygen atoms in total. The number of anilines is 1. The van der Waals surface area contributed by atoms with Crippen molar-refractivity contribution in [3.8, 4) is 16.3 Å². The number of aromatic nitrogens is 1. The molecule has 0 spiro atoms. The topological polar surface area (TPSA) is 48.1 Å². The van der Waals surface area contributed by atoms with Crippen molar-refractivity contribution in [1.29, 1.82) is 0 Å². The summed E-state index contributed by atoms with van der Waals surface area (Å²) in [5.41, 5.74) is 8.81. The van der Waals surface area contributed by atoms with E-state index in [0.717, 1.165) is 28.4 Å². The lowest BCUT2D eigenvalue weighted by atomic mass is 10.2. The molecule has 2 aromatic rings. The van der Waals surface area contributed by atoms with Crippen molar-refractivity contribution < 1.29 is 4.74 Å². The minimum Gasteiger partial charge on any atom is -0.491 e. The Labute approximate surface area is 112 Å². The van der Waals surface area contributed by atoms with Crippen LogP contribution in [0.2, 0.25) is 0 Å². The quantitative estimate of drug-likeness (QED) is 0.853. The van der Waals surface area contributed by atoms with Gasteiger partial charge in [-0.1, -0.05) is 6.92 Å². The third-order valence-electron chi connectivity index (χ3n) is 2.75. The Balaban J connectivity index is 2.28. The predicted octanol–water partition coefficient (Wildman–Crippen LogP) is 3.80. The lowest BCUT2D eigenvalue weighted by molar-refractivity contribution is 0.319. The molecule has 0 radical (unpaired) electrons. The number of ether oxygens (including phenoxy) is 1. The second-order valence-electron chi connectivity index (χ2n) is 4.26. The van der Waals surface area contributed by atoms with Crippen LogP contribution in [0.5, 0.6) is 5.75 Å². The minimum atomic E-state index is 0.673. The summed E-state index contributed by atoms with van der Waals surface area (Å²) in [5.74, 6) is 0.755. The van der Waals surface area contributed by atoms with E-state index in [2.05, 4.69) is 18.8 Å². The number of thiazole rings is 1. The van der Waals surface area contributed by atoms with E-state index in [1.54, 1.807) is 11.3 Å². The third kappa shape index (κ3) is 2.64. The summed E-state index contributed by atoms with van der Waals surface area (Å²) >= 11 is 1.69.